The molecule has 120 valence electrons. The maximum absolute atomic E-state index is 12.3. The fourth-order valence-corrected chi connectivity index (χ4v) is 3.03. The minimum absolute atomic E-state index is 0.293. The third-order valence-corrected chi connectivity index (χ3v) is 4.23. The Balaban J connectivity index is 2.02. The highest BCUT2D eigenvalue weighted by atomic mass is 16.5. The van der Waals surface area contributed by atoms with Gasteiger partial charge in [-0.05, 0) is 30.5 Å². The Labute approximate surface area is 131 Å². The topological polar surface area (TPSA) is 81.4 Å². The van der Waals surface area contributed by atoms with Crippen molar-refractivity contribution < 1.29 is 14.3 Å². The van der Waals surface area contributed by atoms with E-state index in [1.807, 2.05) is 0 Å². The number of rotatable bonds is 5. The molecule has 1 aromatic rings. The van der Waals surface area contributed by atoms with Crippen molar-refractivity contribution in [3.05, 3.63) is 29.8 Å². The fraction of sp³-hybridized carbons (Fsp3) is 0.529. The molecule has 5 heteroatoms. The van der Waals surface area contributed by atoms with Crippen LogP contribution in [0, 0.1) is 5.92 Å². The first kappa shape index (κ1) is 16.3. The number of methoxy groups -OCH3 is 1. The molecular formula is C17H24N2O3. The average molecular weight is 304 g/mol. The molecule has 1 saturated carbocycles. The molecule has 0 aliphatic heterocycles. The van der Waals surface area contributed by atoms with E-state index in [1.165, 1.54) is 26.4 Å². The van der Waals surface area contributed by atoms with Crippen LogP contribution in [0.4, 0.5) is 5.69 Å². The second-order valence-corrected chi connectivity index (χ2v) is 5.91. The molecule has 0 spiro atoms. The first-order valence-electron chi connectivity index (χ1n) is 7.84. The van der Waals surface area contributed by atoms with Gasteiger partial charge in [0.15, 0.2) is 0 Å². The molecule has 0 saturated heterocycles. The van der Waals surface area contributed by atoms with Crippen LogP contribution < -0.4 is 11.1 Å². The number of hydrogen-bond donors (Lipinski definition) is 2. The van der Waals surface area contributed by atoms with Crippen LogP contribution in [0.1, 0.15) is 48.9 Å². The van der Waals surface area contributed by atoms with Crippen LogP contribution >= 0.6 is 0 Å². The van der Waals surface area contributed by atoms with Gasteiger partial charge in [-0.15, -0.1) is 0 Å². The normalized spacial score (nSPS) is 16.8. The van der Waals surface area contributed by atoms with Crippen molar-refractivity contribution in [2.24, 2.45) is 5.92 Å². The summed E-state index contributed by atoms with van der Waals surface area (Å²) in [5.74, 6) is -0.208. The number of amides is 1. The zero-order chi connectivity index (χ0) is 15.9. The van der Waals surface area contributed by atoms with E-state index in [0.717, 1.165) is 12.8 Å². The Morgan fingerprint density at radius 2 is 2.05 bits per heavy atom. The van der Waals surface area contributed by atoms with Crippen LogP contribution in [-0.4, -0.2) is 25.0 Å². The minimum Gasteiger partial charge on any atom is -0.467 e. The van der Waals surface area contributed by atoms with E-state index in [4.69, 9.17) is 10.5 Å². The smallest absolute Gasteiger partial charge is 0.328 e. The molecule has 1 aliphatic rings. The van der Waals surface area contributed by atoms with E-state index >= 15 is 0 Å². The summed E-state index contributed by atoms with van der Waals surface area (Å²) in [5.41, 5.74) is 6.67. The van der Waals surface area contributed by atoms with Crippen LogP contribution in [0.5, 0.6) is 0 Å². The third-order valence-electron chi connectivity index (χ3n) is 4.23. The number of carbonyl (C=O) groups excluding carboxylic acids is 2. The lowest BCUT2D eigenvalue weighted by molar-refractivity contribution is -0.143. The zero-order valence-electron chi connectivity index (χ0n) is 13.0. The Morgan fingerprint density at radius 1 is 1.32 bits per heavy atom. The molecule has 1 fully saturated rings. The van der Waals surface area contributed by atoms with Gasteiger partial charge in [0.25, 0.3) is 5.91 Å². The molecule has 1 amide bonds. The summed E-state index contributed by atoms with van der Waals surface area (Å²) in [4.78, 5) is 24.3. The molecule has 3 N–H and O–H groups in total. The van der Waals surface area contributed by atoms with Crippen LogP contribution in [-0.2, 0) is 9.53 Å². The largest absolute Gasteiger partial charge is 0.467 e. The summed E-state index contributed by atoms with van der Waals surface area (Å²) >= 11 is 0. The van der Waals surface area contributed by atoms with Gasteiger partial charge in [0.1, 0.15) is 6.04 Å². The number of nitrogens with one attached hydrogen (secondary N) is 1. The summed E-state index contributed by atoms with van der Waals surface area (Å²) in [5, 5.41) is 2.79. The van der Waals surface area contributed by atoms with Crippen LogP contribution in [0.15, 0.2) is 24.3 Å². The maximum atomic E-state index is 12.3. The molecule has 1 unspecified atom stereocenters. The van der Waals surface area contributed by atoms with Crippen molar-refractivity contribution >= 4 is 17.6 Å². The number of nitrogens with two attached hydrogens (primary N) is 1. The summed E-state index contributed by atoms with van der Waals surface area (Å²) in [6.45, 7) is 0. The molecule has 5 nitrogen and oxygen atoms in total. The SMILES string of the molecule is COC(=O)C(CC1CCCCC1)NC(=O)c1cccc(N)c1. The lowest BCUT2D eigenvalue weighted by atomic mass is 9.85. The predicted molar refractivity (Wildman–Crippen MR) is 85.3 cm³/mol. The highest BCUT2D eigenvalue weighted by molar-refractivity contribution is 5.97. The third kappa shape index (κ3) is 4.48. The lowest BCUT2D eigenvalue weighted by Gasteiger charge is -2.25. The van der Waals surface area contributed by atoms with Crippen molar-refractivity contribution in [3.8, 4) is 0 Å². The monoisotopic (exact) mass is 304 g/mol. The van der Waals surface area contributed by atoms with Crippen LogP contribution in [0.25, 0.3) is 0 Å². The first-order valence-corrected chi connectivity index (χ1v) is 7.84. The molecule has 1 aliphatic carbocycles. The molecule has 1 aromatic carbocycles. The molecule has 2 rings (SSSR count). The molecule has 0 radical (unpaired) electrons. The van der Waals surface area contributed by atoms with Gasteiger partial charge in [-0.3, -0.25) is 4.79 Å². The van der Waals surface area contributed by atoms with Gasteiger partial charge in [0.05, 0.1) is 7.11 Å². The van der Waals surface area contributed by atoms with Gasteiger partial charge >= 0.3 is 5.97 Å². The van der Waals surface area contributed by atoms with E-state index in [9.17, 15) is 9.59 Å². The van der Waals surface area contributed by atoms with Crippen molar-refractivity contribution in [1.82, 2.24) is 5.32 Å². The van der Waals surface area contributed by atoms with Gasteiger partial charge in [-0.25, -0.2) is 4.79 Å². The van der Waals surface area contributed by atoms with Crippen LogP contribution in [0.2, 0.25) is 0 Å². The summed E-state index contributed by atoms with van der Waals surface area (Å²) in [7, 11) is 1.35. The second-order valence-electron chi connectivity index (χ2n) is 5.91. The Bertz CT molecular complexity index is 524. The van der Waals surface area contributed by atoms with E-state index in [2.05, 4.69) is 5.32 Å². The molecule has 0 aromatic heterocycles. The van der Waals surface area contributed by atoms with E-state index in [-0.39, 0.29) is 11.9 Å². The number of hydrogen-bond acceptors (Lipinski definition) is 4. The van der Waals surface area contributed by atoms with Gasteiger partial charge in [-0.2, -0.15) is 0 Å². The summed E-state index contributed by atoms with van der Waals surface area (Å²) in [6.07, 6.45) is 6.52. The summed E-state index contributed by atoms with van der Waals surface area (Å²) < 4.78 is 4.84. The highest BCUT2D eigenvalue weighted by Crippen LogP contribution is 2.27. The van der Waals surface area contributed by atoms with Gasteiger partial charge in [0, 0.05) is 11.3 Å². The Kier molecular flexibility index (Phi) is 5.81. The predicted octanol–water partition coefficient (Wildman–Crippen LogP) is 2.51. The standard InChI is InChI=1S/C17H24N2O3/c1-22-17(21)15(10-12-6-3-2-4-7-12)19-16(20)13-8-5-9-14(18)11-13/h5,8-9,11-12,15H,2-4,6-7,10,18H2,1H3,(H,19,20). The van der Waals surface area contributed by atoms with Crippen molar-refractivity contribution in [2.75, 3.05) is 12.8 Å². The maximum Gasteiger partial charge on any atom is 0.328 e. The molecule has 0 bridgehead atoms. The number of anilines is 1. The zero-order valence-corrected chi connectivity index (χ0v) is 13.0. The molecule has 0 heterocycles. The van der Waals surface area contributed by atoms with Gasteiger partial charge < -0.3 is 15.8 Å². The van der Waals surface area contributed by atoms with E-state index in [0.29, 0.717) is 23.6 Å². The fourth-order valence-electron chi connectivity index (χ4n) is 3.03. The lowest BCUT2D eigenvalue weighted by Crippen LogP contribution is -2.43. The number of ether oxygens (including phenoxy) is 1. The minimum atomic E-state index is -0.595. The average Bonchev–Trinajstić information content (AvgIpc) is 2.54. The highest BCUT2D eigenvalue weighted by Gasteiger charge is 2.26. The molecular weight excluding hydrogens is 280 g/mol. The number of benzene rings is 1. The molecule has 1 atom stereocenters. The Hall–Kier alpha value is -2.04. The quantitative estimate of drug-likeness (QED) is 0.647. The van der Waals surface area contributed by atoms with Crippen molar-refractivity contribution in [3.63, 3.8) is 0 Å². The first-order chi connectivity index (χ1) is 10.6. The summed E-state index contributed by atoms with van der Waals surface area (Å²) in [6, 6.07) is 6.13. The van der Waals surface area contributed by atoms with E-state index in [1.54, 1.807) is 24.3 Å². The van der Waals surface area contributed by atoms with Gasteiger partial charge in [0.2, 0.25) is 0 Å². The van der Waals surface area contributed by atoms with Crippen LogP contribution in [0.3, 0.4) is 0 Å². The van der Waals surface area contributed by atoms with Crippen molar-refractivity contribution in [2.45, 2.75) is 44.6 Å². The van der Waals surface area contributed by atoms with Crippen molar-refractivity contribution in [1.29, 1.82) is 0 Å². The number of esters is 1. The number of nitrogen functional groups attached to an aromatic ring is 1. The van der Waals surface area contributed by atoms with Gasteiger partial charge in [-0.1, -0.05) is 38.2 Å². The van der Waals surface area contributed by atoms with E-state index < -0.39 is 6.04 Å². The molecule has 22 heavy (non-hydrogen) atoms. The second kappa shape index (κ2) is 7.82. The number of carbonyl (C=O) groups is 2. The Morgan fingerprint density at radius 3 is 2.68 bits per heavy atom.